The zero-order chi connectivity index (χ0) is 9.14. The Morgan fingerprint density at radius 3 is 2.75 bits per heavy atom. The molecule has 68 valence electrons. The Hall–Kier alpha value is -0.590. The summed E-state index contributed by atoms with van der Waals surface area (Å²) in [5.74, 6) is 1.88. The van der Waals surface area contributed by atoms with Gasteiger partial charge < -0.3 is 5.41 Å². The lowest BCUT2D eigenvalue weighted by Gasteiger charge is -2.24. The maximum atomic E-state index is 7.82. The van der Waals surface area contributed by atoms with E-state index in [-0.39, 0.29) is 0 Å². The molecule has 3 atom stereocenters. The third-order valence-electron chi connectivity index (χ3n) is 3.18. The lowest BCUT2D eigenvalue weighted by atomic mass is 9.80. The third kappa shape index (κ3) is 1.77. The van der Waals surface area contributed by atoms with Gasteiger partial charge in [0.25, 0.3) is 0 Å². The van der Waals surface area contributed by atoms with Crippen LogP contribution in [0.5, 0.6) is 0 Å². The fourth-order valence-electron chi connectivity index (χ4n) is 2.02. The minimum absolute atomic E-state index is 0.485. The van der Waals surface area contributed by atoms with E-state index in [4.69, 9.17) is 5.41 Å². The molecular formula is C11H19N. The molecule has 3 unspecified atom stereocenters. The molecule has 0 spiro atoms. The second kappa shape index (κ2) is 3.88. The minimum Gasteiger partial charge on any atom is -0.305 e. The van der Waals surface area contributed by atoms with Gasteiger partial charge in [0.2, 0.25) is 0 Å². The van der Waals surface area contributed by atoms with Gasteiger partial charge in [-0.15, -0.1) is 0 Å². The largest absolute Gasteiger partial charge is 0.305 e. The molecule has 0 saturated carbocycles. The van der Waals surface area contributed by atoms with Gasteiger partial charge in [0.1, 0.15) is 0 Å². The molecule has 0 aromatic rings. The first-order chi connectivity index (χ1) is 5.66. The molecular weight excluding hydrogens is 146 g/mol. The molecule has 0 heterocycles. The van der Waals surface area contributed by atoms with Crippen molar-refractivity contribution in [3.05, 3.63) is 12.2 Å². The van der Waals surface area contributed by atoms with Gasteiger partial charge in [-0.1, -0.05) is 26.8 Å². The SMILES string of the molecule is CCC1C(=N)C=CCC(C)C1C. The summed E-state index contributed by atoms with van der Waals surface area (Å²) in [6.07, 6.45) is 6.39. The summed E-state index contributed by atoms with van der Waals surface area (Å²) in [6, 6.07) is 0. The third-order valence-corrected chi connectivity index (χ3v) is 3.18. The second-order valence-corrected chi connectivity index (χ2v) is 3.94. The van der Waals surface area contributed by atoms with Gasteiger partial charge >= 0.3 is 0 Å². The summed E-state index contributed by atoms with van der Waals surface area (Å²) in [4.78, 5) is 0. The molecule has 0 saturated heterocycles. The monoisotopic (exact) mass is 165 g/mol. The van der Waals surface area contributed by atoms with Crippen LogP contribution in [-0.2, 0) is 0 Å². The van der Waals surface area contributed by atoms with Gasteiger partial charge in [-0.2, -0.15) is 0 Å². The van der Waals surface area contributed by atoms with E-state index in [0.29, 0.717) is 11.8 Å². The van der Waals surface area contributed by atoms with Crippen molar-refractivity contribution in [3.63, 3.8) is 0 Å². The number of rotatable bonds is 1. The Kier molecular flexibility index (Phi) is 3.07. The Bertz CT molecular complexity index is 193. The van der Waals surface area contributed by atoms with Crippen LogP contribution in [0.2, 0.25) is 0 Å². The topological polar surface area (TPSA) is 23.9 Å². The van der Waals surface area contributed by atoms with E-state index in [9.17, 15) is 0 Å². The van der Waals surface area contributed by atoms with E-state index in [2.05, 4.69) is 26.8 Å². The van der Waals surface area contributed by atoms with Crippen LogP contribution < -0.4 is 0 Å². The number of allylic oxidation sites excluding steroid dienone is 2. The summed E-state index contributed by atoms with van der Waals surface area (Å²) in [5.41, 5.74) is 0.828. The predicted molar refractivity (Wildman–Crippen MR) is 53.6 cm³/mol. The van der Waals surface area contributed by atoms with Gasteiger partial charge in [0.15, 0.2) is 0 Å². The molecule has 0 amide bonds. The minimum atomic E-state index is 0.485. The number of hydrogen-bond acceptors (Lipinski definition) is 1. The molecule has 1 aliphatic carbocycles. The first-order valence-electron chi connectivity index (χ1n) is 4.91. The lowest BCUT2D eigenvalue weighted by molar-refractivity contribution is 0.319. The molecule has 0 aromatic heterocycles. The van der Waals surface area contributed by atoms with Crippen molar-refractivity contribution in [3.8, 4) is 0 Å². The first kappa shape index (κ1) is 9.50. The van der Waals surface area contributed by atoms with Gasteiger partial charge in [0.05, 0.1) is 0 Å². The molecule has 1 aliphatic rings. The van der Waals surface area contributed by atoms with E-state index in [1.54, 1.807) is 0 Å². The molecule has 1 heteroatoms. The summed E-state index contributed by atoms with van der Waals surface area (Å²) in [7, 11) is 0. The molecule has 1 rings (SSSR count). The van der Waals surface area contributed by atoms with Crippen LogP contribution in [0.25, 0.3) is 0 Å². The van der Waals surface area contributed by atoms with E-state index in [0.717, 1.165) is 24.5 Å². The van der Waals surface area contributed by atoms with Crippen molar-refractivity contribution >= 4 is 5.71 Å². The van der Waals surface area contributed by atoms with Crippen molar-refractivity contribution in [2.24, 2.45) is 17.8 Å². The Labute approximate surface area is 75.4 Å². The second-order valence-electron chi connectivity index (χ2n) is 3.94. The molecule has 1 N–H and O–H groups in total. The summed E-state index contributed by atoms with van der Waals surface area (Å²) < 4.78 is 0. The normalized spacial score (nSPS) is 36.6. The first-order valence-corrected chi connectivity index (χ1v) is 4.91. The molecule has 0 radical (unpaired) electrons. The van der Waals surface area contributed by atoms with Crippen LogP contribution in [-0.4, -0.2) is 5.71 Å². The predicted octanol–water partition coefficient (Wildman–Crippen LogP) is 3.26. The molecule has 0 aliphatic heterocycles. The highest BCUT2D eigenvalue weighted by Gasteiger charge is 2.24. The van der Waals surface area contributed by atoms with Crippen molar-refractivity contribution in [2.75, 3.05) is 0 Å². The maximum Gasteiger partial charge on any atom is 0.0344 e. The van der Waals surface area contributed by atoms with Crippen LogP contribution in [0, 0.1) is 23.2 Å². The highest BCUT2D eigenvalue weighted by Crippen LogP contribution is 2.29. The van der Waals surface area contributed by atoms with Crippen LogP contribution in [0.15, 0.2) is 12.2 Å². The standard InChI is InChI=1S/C11H19N/c1-4-10-9(3)8(2)6-5-7-11(10)12/h5,7-10,12H,4,6H2,1-3H3. The van der Waals surface area contributed by atoms with Crippen molar-refractivity contribution in [1.82, 2.24) is 0 Å². The highest BCUT2D eigenvalue weighted by atomic mass is 14.5. The highest BCUT2D eigenvalue weighted by molar-refractivity contribution is 5.94. The maximum absolute atomic E-state index is 7.82. The van der Waals surface area contributed by atoms with Crippen molar-refractivity contribution in [2.45, 2.75) is 33.6 Å². The fourth-order valence-corrected chi connectivity index (χ4v) is 2.02. The van der Waals surface area contributed by atoms with Gasteiger partial charge in [0, 0.05) is 11.6 Å². The molecule has 12 heavy (non-hydrogen) atoms. The fraction of sp³-hybridized carbons (Fsp3) is 0.727. The van der Waals surface area contributed by atoms with Crippen molar-refractivity contribution < 1.29 is 0 Å². The summed E-state index contributed by atoms with van der Waals surface area (Å²) in [6.45, 7) is 6.75. The lowest BCUT2D eigenvalue weighted by Crippen LogP contribution is -2.22. The van der Waals surface area contributed by atoms with E-state index < -0.39 is 0 Å². The molecule has 0 aromatic carbocycles. The Morgan fingerprint density at radius 1 is 1.50 bits per heavy atom. The van der Waals surface area contributed by atoms with Crippen molar-refractivity contribution in [1.29, 1.82) is 5.41 Å². The van der Waals surface area contributed by atoms with E-state index >= 15 is 0 Å². The van der Waals surface area contributed by atoms with Crippen LogP contribution in [0.3, 0.4) is 0 Å². The van der Waals surface area contributed by atoms with E-state index in [1.165, 1.54) is 0 Å². The quantitative estimate of drug-likeness (QED) is 0.616. The Morgan fingerprint density at radius 2 is 2.17 bits per heavy atom. The summed E-state index contributed by atoms with van der Waals surface area (Å²) in [5, 5.41) is 7.82. The zero-order valence-electron chi connectivity index (χ0n) is 8.30. The average Bonchev–Trinajstić information content (AvgIpc) is 2.14. The zero-order valence-corrected chi connectivity index (χ0v) is 8.30. The van der Waals surface area contributed by atoms with Gasteiger partial charge in [-0.25, -0.2) is 0 Å². The number of nitrogens with one attached hydrogen (secondary N) is 1. The number of hydrogen-bond donors (Lipinski definition) is 1. The van der Waals surface area contributed by atoms with Gasteiger partial charge in [-0.05, 0) is 30.8 Å². The summed E-state index contributed by atoms with van der Waals surface area (Å²) >= 11 is 0. The van der Waals surface area contributed by atoms with E-state index in [1.807, 2.05) is 6.08 Å². The van der Waals surface area contributed by atoms with Crippen LogP contribution in [0.4, 0.5) is 0 Å². The molecule has 0 bridgehead atoms. The van der Waals surface area contributed by atoms with Crippen LogP contribution in [0.1, 0.15) is 33.6 Å². The van der Waals surface area contributed by atoms with Crippen LogP contribution >= 0.6 is 0 Å². The molecule has 0 fully saturated rings. The molecule has 1 nitrogen and oxygen atoms in total. The smallest absolute Gasteiger partial charge is 0.0344 e. The average molecular weight is 165 g/mol. The van der Waals surface area contributed by atoms with Gasteiger partial charge in [-0.3, -0.25) is 0 Å². The Balaban J connectivity index is 2.78.